The van der Waals surface area contributed by atoms with Crippen molar-refractivity contribution >= 4 is 11.9 Å². The van der Waals surface area contributed by atoms with Crippen LogP contribution in [0, 0.1) is 0 Å². The highest BCUT2D eigenvalue weighted by atomic mass is 16.5. The molecule has 0 aliphatic carbocycles. The summed E-state index contributed by atoms with van der Waals surface area (Å²) >= 11 is 0. The minimum Gasteiger partial charge on any atom is -0.501 e. The second kappa shape index (κ2) is 12.1. The second-order valence-corrected chi connectivity index (χ2v) is 5.97. The van der Waals surface area contributed by atoms with Crippen molar-refractivity contribution in [3.05, 3.63) is 48.0 Å². The highest BCUT2D eigenvalue weighted by Gasteiger charge is 2.10. The number of rotatable bonds is 8. The summed E-state index contributed by atoms with van der Waals surface area (Å²) in [4.78, 5) is 24.0. The zero-order chi connectivity index (χ0) is 18.5. The Balaban J connectivity index is 2.61. The topological polar surface area (TPSA) is 64.6 Å². The van der Waals surface area contributed by atoms with E-state index >= 15 is 0 Å². The number of unbranched alkanes of at least 4 members (excludes halogenated alkanes) is 3. The van der Waals surface area contributed by atoms with Gasteiger partial charge in [0.05, 0.1) is 7.11 Å². The van der Waals surface area contributed by atoms with Crippen LogP contribution in [0.15, 0.2) is 48.0 Å². The van der Waals surface area contributed by atoms with Gasteiger partial charge >= 0.3 is 5.97 Å². The minimum atomic E-state index is -0.530. The largest absolute Gasteiger partial charge is 0.501 e. The lowest BCUT2D eigenvalue weighted by atomic mass is 10.1. The number of cyclic esters (lactones) is 1. The first-order valence-electron chi connectivity index (χ1n) is 8.81. The molecule has 1 N–H and O–H groups in total. The quantitative estimate of drug-likeness (QED) is 0.410. The predicted molar refractivity (Wildman–Crippen MR) is 98.5 cm³/mol. The van der Waals surface area contributed by atoms with Crippen molar-refractivity contribution in [3.8, 4) is 0 Å². The van der Waals surface area contributed by atoms with Crippen molar-refractivity contribution in [2.24, 2.45) is 0 Å². The molecular formula is C20H29NO4. The zero-order valence-corrected chi connectivity index (χ0v) is 15.3. The molecule has 1 amide bonds. The number of allylic oxidation sites excluding steroid dienone is 3. The number of ether oxygens (including phenoxy) is 2. The van der Waals surface area contributed by atoms with Gasteiger partial charge in [0.2, 0.25) is 5.91 Å². The van der Waals surface area contributed by atoms with E-state index in [1.54, 1.807) is 13.2 Å². The number of carbonyl (C=O) groups is 2. The average molecular weight is 347 g/mol. The lowest BCUT2D eigenvalue weighted by Crippen LogP contribution is -2.24. The Labute approximate surface area is 150 Å². The smallest absolute Gasteiger partial charge is 0.336 e. The average Bonchev–Trinajstić information content (AvgIpc) is 2.59. The van der Waals surface area contributed by atoms with Crippen molar-refractivity contribution in [1.29, 1.82) is 0 Å². The molecule has 1 rings (SSSR count). The van der Waals surface area contributed by atoms with Crippen LogP contribution in [-0.2, 0) is 19.1 Å². The van der Waals surface area contributed by atoms with Gasteiger partial charge in [-0.3, -0.25) is 4.79 Å². The van der Waals surface area contributed by atoms with Crippen molar-refractivity contribution < 1.29 is 19.1 Å². The number of hydrogen-bond acceptors (Lipinski definition) is 4. The summed E-state index contributed by atoms with van der Waals surface area (Å²) in [5, 5.41) is 2.90. The van der Waals surface area contributed by atoms with E-state index in [4.69, 9.17) is 9.47 Å². The summed E-state index contributed by atoms with van der Waals surface area (Å²) in [7, 11) is 1.56. The van der Waals surface area contributed by atoms with Gasteiger partial charge in [-0.15, -0.1) is 0 Å². The molecule has 5 nitrogen and oxygen atoms in total. The van der Waals surface area contributed by atoms with E-state index in [2.05, 4.69) is 18.8 Å². The predicted octanol–water partition coefficient (Wildman–Crippen LogP) is 3.94. The Morgan fingerprint density at radius 2 is 2.00 bits per heavy atom. The SMILES string of the molecule is C=C1/C=C(/OC)C/C=C\C/C(CC(=O)NCCCCCC)=C\C(=O)O1. The summed E-state index contributed by atoms with van der Waals surface area (Å²) < 4.78 is 10.3. The van der Waals surface area contributed by atoms with Crippen molar-refractivity contribution in [3.63, 3.8) is 0 Å². The van der Waals surface area contributed by atoms with Crippen LogP contribution >= 0.6 is 0 Å². The molecule has 0 fully saturated rings. The Kier molecular flexibility index (Phi) is 10.1. The summed E-state index contributed by atoms with van der Waals surface area (Å²) in [5.41, 5.74) is 0.709. The van der Waals surface area contributed by atoms with Gasteiger partial charge in [0.25, 0.3) is 0 Å². The van der Waals surface area contributed by atoms with Gasteiger partial charge in [0.15, 0.2) is 0 Å². The summed E-state index contributed by atoms with van der Waals surface area (Å²) in [6.07, 6.45) is 12.5. The molecule has 25 heavy (non-hydrogen) atoms. The Morgan fingerprint density at radius 1 is 1.24 bits per heavy atom. The molecule has 0 bridgehead atoms. The number of nitrogens with one attached hydrogen (secondary N) is 1. The molecule has 0 radical (unpaired) electrons. The molecule has 0 aromatic carbocycles. The van der Waals surface area contributed by atoms with Crippen LogP contribution in [-0.4, -0.2) is 25.5 Å². The zero-order valence-electron chi connectivity index (χ0n) is 15.3. The first kappa shape index (κ1) is 20.7. The molecule has 0 aromatic heterocycles. The third-order valence-corrected chi connectivity index (χ3v) is 3.74. The Hall–Kier alpha value is -2.30. The summed E-state index contributed by atoms with van der Waals surface area (Å²) in [5.74, 6) is 0.265. The normalized spacial score (nSPS) is 21.0. The van der Waals surface area contributed by atoms with E-state index in [1.807, 2.05) is 12.2 Å². The molecule has 0 atom stereocenters. The van der Waals surface area contributed by atoms with Crippen LogP contribution in [0.2, 0.25) is 0 Å². The molecule has 5 heteroatoms. The fourth-order valence-electron chi connectivity index (χ4n) is 2.40. The van der Waals surface area contributed by atoms with Gasteiger partial charge in [-0.2, -0.15) is 0 Å². The summed E-state index contributed by atoms with van der Waals surface area (Å²) in [6, 6.07) is 0. The van der Waals surface area contributed by atoms with E-state index in [9.17, 15) is 9.59 Å². The van der Waals surface area contributed by atoms with Crippen molar-refractivity contribution in [1.82, 2.24) is 5.32 Å². The van der Waals surface area contributed by atoms with E-state index < -0.39 is 5.97 Å². The van der Waals surface area contributed by atoms with Crippen LogP contribution in [0.3, 0.4) is 0 Å². The van der Waals surface area contributed by atoms with Crippen molar-refractivity contribution in [2.45, 2.75) is 51.9 Å². The molecule has 1 aliphatic heterocycles. The van der Waals surface area contributed by atoms with E-state index in [0.717, 1.165) is 12.8 Å². The number of carbonyl (C=O) groups excluding carboxylic acids is 2. The molecule has 138 valence electrons. The van der Waals surface area contributed by atoms with E-state index in [0.29, 0.717) is 30.7 Å². The summed E-state index contributed by atoms with van der Waals surface area (Å²) in [6.45, 7) is 6.51. The maximum Gasteiger partial charge on any atom is 0.336 e. The maximum atomic E-state index is 12.1. The lowest BCUT2D eigenvalue weighted by molar-refractivity contribution is -0.133. The first-order valence-corrected chi connectivity index (χ1v) is 8.81. The van der Waals surface area contributed by atoms with Gasteiger partial charge in [-0.25, -0.2) is 4.79 Å². The molecule has 1 heterocycles. The molecule has 1 aliphatic rings. The molecule has 0 aromatic rings. The van der Waals surface area contributed by atoms with Gasteiger partial charge in [0.1, 0.15) is 11.5 Å². The van der Waals surface area contributed by atoms with Gasteiger partial charge in [0, 0.05) is 31.5 Å². The Morgan fingerprint density at radius 3 is 2.72 bits per heavy atom. The fraction of sp³-hybridized carbons (Fsp3) is 0.500. The molecule has 0 unspecified atom stereocenters. The number of hydrogen-bond donors (Lipinski definition) is 1. The molecule has 0 saturated carbocycles. The maximum absolute atomic E-state index is 12.1. The molecular weight excluding hydrogens is 318 g/mol. The molecule has 0 saturated heterocycles. The van der Waals surface area contributed by atoms with E-state index in [1.165, 1.54) is 18.9 Å². The monoisotopic (exact) mass is 347 g/mol. The van der Waals surface area contributed by atoms with Gasteiger partial charge in [-0.1, -0.05) is 44.9 Å². The second-order valence-electron chi connectivity index (χ2n) is 5.97. The number of amides is 1. The van der Waals surface area contributed by atoms with Crippen molar-refractivity contribution in [2.75, 3.05) is 13.7 Å². The van der Waals surface area contributed by atoms with Crippen LogP contribution < -0.4 is 5.32 Å². The third kappa shape index (κ3) is 9.55. The lowest BCUT2D eigenvalue weighted by Gasteiger charge is -2.07. The fourth-order valence-corrected chi connectivity index (χ4v) is 2.40. The Bertz CT molecular complexity index is 558. The number of methoxy groups -OCH3 is 1. The van der Waals surface area contributed by atoms with Crippen LogP contribution in [0.5, 0.6) is 0 Å². The molecule has 0 spiro atoms. The van der Waals surface area contributed by atoms with E-state index in [-0.39, 0.29) is 18.1 Å². The highest BCUT2D eigenvalue weighted by Crippen LogP contribution is 2.15. The first-order chi connectivity index (χ1) is 12.0. The highest BCUT2D eigenvalue weighted by molar-refractivity contribution is 5.86. The standard InChI is InChI=1S/C20H29NO4/c1-4-5-6-9-12-21-19(22)14-17-10-7-8-11-18(24-3)13-16(2)25-20(23)15-17/h7-8,13,15H,2,4-6,9-12,14H2,1,3H3,(H,21,22)/b8-7-,17-15+,18-13+. The minimum absolute atomic E-state index is 0.0756. The number of esters is 1. The van der Waals surface area contributed by atoms with Gasteiger partial charge < -0.3 is 14.8 Å². The van der Waals surface area contributed by atoms with Crippen LogP contribution in [0.25, 0.3) is 0 Å². The third-order valence-electron chi connectivity index (χ3n) is 3.74. The van der Waals surface area contributed by atoms with Crippen LogP contribution in [0.1, 0.15) is 51.9 Å². The van der Waals surface area contributed by atoms with Gasteiger partial charge in [-0.05, 0) is 18.4 Å². The van der Waals surface area contributed by atoms with Crippen LogP contribution in [0.4, 0.5) is 0 Å².